The van der Waals surface area contributed by atoms with Gasteiger partial charge in [0.15, 0.2) is 0 Å². The molecule has 1 aromatic carbocycles. The third-order valence-electron chi connectivity index (χ3n) is 4.61. The molecule has 0 saturated carbocycles. The summed E-state index contributed by atoms with van der Waals surface area (Å²) in [5.41, 5.74) is 1.77. The van der Waals surface area contributed by atoms with Crippen LogP contribution in [0.3, 0.4) is 0 Å². The largest absolute Gasteiger partial charge is 0.343 e. The number of imidazole rings is 1. The van der Waals surface area contributed by atoms with Gasteiger partial charge >= 0.3 is 5.69 Å². The summed E-state index contributed by atoms with van der Waals surface area (Å²) in [6.07, 6.45) is 5.84. The topological polar surface area (TPSA) is 58.1 Å². The second-order valence-corrected chi connectivity index (χ2v) is 6.11. The Balaban J connectivity index is 1.66. The molecule has 1 N–H and O–H groups in total. The Hall–Kier alpha value is -2.30. The van der Waals surface area contributed by atoms with E-state index in [4.69, 9.17) is 0 Å². The highest BCUT2D eigenvalue weighted by molar-refractivity contribution is 5.76. The van der Waals surface area contributed by atoms with E-state index >= 15 is 0 Å². The summed E-state index contributed by atoms with van der Waals surface area (Å²) < 4.78 is 1.86. The van der Waals surface area contributed by atoms with Crippen molar-refractivity contribution in [3.8, 4) is 0 Å². The average molecular weight is 313 g/mol. The first-order valence-electron chi connectivity index (χ1n) is 8.28. The van der Waals surface area contributed by atoms with Crippen LogP contribution < -0.4 is 5.69 Å². The molecule has 5 nitrogen and oxygen atoms in total. The zero-order valence-corrected chi connectivity index (χ0v) is 13.3. The number of piperidine rings is 1. The Labute approximate surface area is 135 Å². The number of para-hydroxylation sites is 2. The van der Waals surface area contributed by atoms with Crippen LogP contribution in [0, 0.1) is 0 Å². The molecule has 0 atom stereocenters. The minimum Gasteiger partial charge on any atom is -0.343 e. The summed E-state index contributed by atoms with van der Waals surface area (Å²) in [6, 6.07) is 7.93. The van der Waals surface area contributed by atoms with Crippen LogP contribution in [0.1, 0.15) is 38.1 Å². The fourth-order valence-corrected chi connectivity index (χ4v) is 3.37. The molecule has 0 unspecified atom stereocenters. The summed E-state index contributed by atoms with van der Waals surface area (Å²) in [5, 5.41) is 0. The van der Waals surface area contributed by atoms with E-state index in [9.17, 15) is 9.59 Å². The lowest BCUT2D eigenvalue weighted by Crippen LogP contribution is -2.40. The number of H-pyrrole nitrogens is 1. The smallest absolute Gasteiger partial charge is 0.326 e. The van der Waals surface area contributed by atoms with E-state index in [1.807, 2.05) is 39.8 Å². The second kappa shape index (κ2) is 6.86. The summed E-state index contributed by atoms with van der Waals surface area (Å²) in [6.45, 7) is 5.13. The molecule has 0 spiro atoms. The van der Waals surface area contributed by atoms with E-state index in [-0.39, 0.29) is 17.6 Å². The molecule has 1 aliphatic rings. The Morgan fingerprint density at radius 1 is 1.30 bits per heavy atom. The maximum absolute atomic E-state index is 12.2. The van der Waals surface area contributed by atoms with E-state index < -0.39 is 0 Å². The normalized spacial score (nSPS) is 15.9. The van der Waals surface area contributed by atoms with Gasteiger partial charge in [-0.3, -0.25) is 9.36 Å². The lowest BCUT2D eigenvalue weighted by Gasteiger charge is -2.32. The van der Waals surface area contributed by atoms with Crippen molar-refractivity contribution in [2.45, 2.75) is 38.1 Å². The summed E-state index contributed by atoms with van der Waals surface area (Å²) in [4.78, 5) is 29.2. The van der Waals surface area contributed by atoms with E-state index in [0.29, 0.717) is 6.42 Å². The number of rotatable bonds is 5. The predicted octanol–water partition coefficient (Wildman–Crippen LogP) is 2.85. The fourth-order valence-electron chi connectivity index (χ4n) is 3.37. The average Bonchev–Trinajstić information content (AvgIpc) is 2.91. The van der Waals surface area contributed by atoms with Gasteiger partial charge in [0.25, 0.3) is 0 Å². The van der Waals surface area contributed by atoms with Crippen molar-refractivity contribution in [3.63, 3.8) is 0 Å². The number of fused-ring (bicyclic) bond motifs is 1. The van der Waals surface area contributed by atoms with Gasteiger partial charge in [0.2, 0.25) is 5.91 Å². The number of likely N-dealkylation sites (tertiary alicyclic amines) is 1. The first kappa shape index (κ1) is 15.6. The van der Waals surface area contributed by atoms with Gasteiger partial charge in [-0.15, -0.1) is 6.58 Å². The number of unbranched alkanes of at least 4 members (excludes halogenated alkanes) is 1. The van der Waals surface area contributed by atoms with Gasteiger partial charge in [-0.05, 0) is 37.8 Å². The van der Waals surface area contributed by atoms with Gasteiger partial charge in [-0.2, -0.15) is 0 Å². The van der Waals surface area contributed by atoms with Gasteiger partial charge in [0.1, 0.15) is 0 Å². The number of carbonyl (C=O) groups is 1. The predicted molar refractivity (Wildman–Crippen MR) is 91.5 cm³/mol. The van der Waals surface area contributed by atoms with Crippen molar-refractivity contribution in [2.75, 3.05) is 13.1 Å². The number of aromatic amines is 1. The number of hydrogen-bond acceptors (Lipinski definition) is 2. The standard InChI is InChI=1S/C18H23N3O2/c1-2-3-4-9-17(22)20-12-10-14(11-13-20)21-16-8-6-5-7-15(16)19-18(21)23/h2,5-8,14H,1,3-4,9-13H2,(H,19,23). The van der Waals surface area contributed by atoms with Crippen molar-refractivity contribution < 1.29 is 4.79 Å². The first-order chi connectivity index (χ1) is 11.2. The molecule has 23 heavy (non-hydrogen) atoms. The highest BCUT2D eigenvalue weighted by atomic mass is 16.2. The third kappa shape index (κ3) is 3.23. The van der Waals surface area contributed by atoms with Crippen LogP contribution in [0.2, 0.25) is 0 Å². The second-order valence-electron chi connectivity index (χ2n) is 6.11. The zero-order valence-electron chi connectivity index (χ0n) is 13.3. The highest BCUT2D eigenvalue weighted by Crippen LogP contribution is 2.25. The minimum absolute atomic E-state index is 0.0537. The Morgan fingerprint density at radius 2 is 2.04 bits per heavy atom. The maximum Gasteiger partial charge on any atom is 0.326 e. The fraction of sp³-hybridized carbons (Fsp3) is 0.444. The van der Waals surface area contributed by atoms with E-state index in [1.165, 1.54) is 0 Å². The quantitative estimate of drug-likeness (QED) is 0.681. The molecule has 1 aliphatic heterocycles. The van der Waals surface area contributed by atoms with Gasteiger partial charge < -0.3 is 9.88 Å². The molecule has 0 radical (unpaired) electrons. The summed E-state index contributed by atoms with van der Waals surface area (Å²) in [5.74, 6) is 0.219. The molecular weight excluding hydrogens is 290 g/mol. The number of amides is 1. The summed E-state index contributed by atoms with van der Waals surface area (Å²) in [7, 11) is 0. The number of nitrogens with one attached hydrogen (secondary N) is 1. The molecule has 3 rings (SSSR count). The van der Waals surface area contributed by atoms with Gasteiger partial charge in [-0.1, -0.05) is 18.2 Å². The molecule has 1 aromatic heterocycles. The van der Waals surface area contributed by atoms with Crippen molar-refractivity contribution in [3.05, 3.63) is 47.4 Å². The molecule has 1 saturated heterocycles. The number of nitrogens with zero attached hydrogens (tertiary/aromatic N) is 2. The highest BCUT2D eigenvalue weighted by Gasteiger charge is 2.25. The van der Waals surface area contributed by atoms with Crippen LogP contribution in [0.5, 0.6) is 0 Å². The van der Waals surface area contributed by atoms with Crippen molar-refractivity contribution >= 4 is 16.9 Å². The molecule has 0 aliphatic carbocycles. The van der Waals surface area contributed by atoms with E-state index in [2.05, 4.69) is 11.6 Å². The Morgan fingerprint density at radius 3 is 2.78 bits per heavy atom. The lowest BCUT2D eigenvalue weighted by atomic mass is 10.0. The van der Waals surface area contributed by atoms with Crippen LogP contribution in [0.25, 0.3) is 11.0 Å². The molecule has 1 amide bonds. The number of aromatic nitrogens is 2. The van der Waals surface area contributed by atoms with Crippen LogP contribution in [0.4, 0.5) is 0 Å². The van der Waals surface area contributed by atoms with Gasteiger partial charge in [0, 0.05) is 25.6 Å². The third-order valence-corrected chi connectivity index (χ3v) is 4.61. The first-order valence-corrected chi connectivity index (χ1v) is 8.28. The summed E-state index contributed by atoms with van der Waals surface area (Å²) >= 11 is 0. The van der Waals surface area contributed by atoms with Crippen LogP contribution in [-0.2, 0) is 4.79 Å². The number of benzene rings is 1. The lowest BCUT2D eigenvalue weighted by molar-refractivity contribution is -0.132. The number of carbonyl (C=O) groups excluding carboxylic acids is 1. The van der Waals surface area contributed by atoms with Crippen LogP contribution in [-0.4, -0.2) is 33.4 Å². The molecular formula is C18H23N3O2. The Bertz CT molecular complexity index is 751. The minimum atomic E-state index is -0.0537. The SMILES string of the molecule is C=CCCCC(=O)N1CCC(n2c(=O)[nH]c3ccccc32)CC1. The molecule has 2 heterocycles. The molecule has 0 bridgehead atoms. The number of hydrogen-bond donors (Lipinski definition) is 1. The van der Waals surface area contributed by atoms with Gasteiger partial charge in [-0.25, -0.2) is 4.79 Å². The van der Waals surface area contributed by atoms with Crippen molar-refractivity contribution in [2.24, 2.45) is 0 Å². The molecule has 1 fully saturated rings. The van der Waals surface area contributed by atoms with Crippen molar-refractivity contribution in [1.29, 1.82) is 0 Å². The molecule has 2 aromatic rings. The van der Waals surface area contributed by atoms with Gasteiger partial charge in [0.05, 0.1) is 11.0 Å². The molecule has 122 valence electrons. The molecule has 5 heteroatoms. The zero-order chi connectivity index (χ0) is 16.2. The van der Waals surface area contributed by atoms with E-state index in [1.54, 1.807) is 0 Å². The monoisotopic (exact) mass is 313 g/mol. The van der Waals surface area contributed by atoms with Crippen molar-refractivity contribution in [1.82, 2.24) is 14.5 Å². The number of allylic oxidation sites excluding steroid dienone is 1. The van der Waals surface area contributed by atoms with Crippen LogP contribution in [0.15, 0.2) is 41.7 Å². The van der Waals surface area contributed by atoms with E-state index in [0.717, 1.165) is 49.8 Å². The van der Waals surface area contributed by atoms with Crippen LogP contribution >= 0.6 is 0 Å². The Kier molecular flexibility index (Phi) is 4.65. The maximum atomic E-state index is 12.2.